The number of likely N-dealkylation sites (N-methyl/N-ethyl adjacent to an activating group) is 1. The minimum absolute atomic E-state index is 0.0177. The SMILES string of the molecule is CN1CCCN(C(=O)[C@H]2CC(=O)N(c3ccc4c(c3)CCN4C(=O)C3CC3)C2)CC1. The largest absolute Gasteiger partial charge is 0.341 e. The second-order valence-electron chi connectivity index (χ2n) is 9.21. The molecular formula is C23H30N4O3. The highest BCUT2D eigenvalue weighted by Crippen LogP contribution is 2.38. The molecule has 5 rings (SSSR count). The van der Waals surface area contributed by atoms with E-state index in [0.29, 0.717) is 6.54 Å². The van der Waals surface area contributed by atoms with Crippen molar-refractivity contribution < 1.29 is 14.4 Å². The van der Waals surface area contributed by atoms with Gasteiger partial charge in [-0.25, -0.2) is 0 Å². The van der Waals surface area contributed by atoms with Crippen molar-refractivity contribution in [1.29, 1.82) is 0 Å². The molecule has 3 heterocycles. The number of nitrogens with zero attached hydrogens (tertiary/aromatic N) is 4. The molecule has 4 aliphatic rings. The monoisotopic (exact) mass is 410 g/mol. The first-order valence-corrected chi connectivity index (χ1v) is 11.2. The zero-order valence-corrected chi connectivity index (χ0v) is 17.7. The number of hydrogen-bond acceptors (Lipinski definition) is 4. The van der Waals surface area contributed by atoms with Crippen molar-refractivity contribution in [3.63, 3.8) is 0 Å². The number of fused-ring (bicyclic) bond motifs is 1. The Kier molecular flexibility index (Phi) is 5.01. The molecule has 0 radical (unpaired) electrons. The molecule has 0 spiro atoms. The van der Waals surface area contributed by atoms with Gasteiger partial charge in [-0.1, -0.05) is 0 Å². The Morgan fingerprint density at radius 3 is 2.60 bits per heavy atom. The van der Waals surface area contributed by atoms with Gasteiger partial charge in [-0.05, 0) is 63.0 Å². The molecule has 1 atom stereocenters. The standard InChI is InChI=1S/C23H30N4O3/c1-24-8-2-9-25(12-11-24)22(29)18-14-21(28)27(15-18)19-5-6-20-17(13-19)7-10-26(20)23(30)16-3-4-16/h5-6,13,16,18H,2-4,7-12,14-15H2,1H3/t18-/m0/s1. The molecule has 0 unspecified atom stereocenters. The Labute approximate surface area is 177 Å². The molecule has 1 aromatic carbocycles. The lowest BCUT2D eigenvalue weighted by molar-refractivity contribution is -0.135. The van der Waals surface area contributed by atoms with Gasteiger partial charge in [0, 0.05) is 56.4 Å². The summed E-state index contributed by atoms with van der Waals surface area (Å²) in [6.45, 7) is 4.59. The molecule has 3 fully saturated rings. The van der Waals surface area contributed by atoms with E-state index in [4.69, 9.17) is 0 Å². The van der Waals surface area contributed by atoms with Crippen molar-refractivity contribution in [3.05, 3.63) is 23.8 Å². The zero-order chi connectivity index (χ0) is 20.8. The van der Waals surface area contributed by atoms with E-state index in [0.717, 1.165) is 75.3 Å². The molecule has 1 aliphatic carbocycles. The van der Waals surface area contributed by atoms with Crippen LogP contribution in [0.2, 0.25) is 0 Å². The number of amides is 3. The van der Waals surface area contributed by atoms with Gasteiger partial charge >= 0.3 is 0 Å². The average molecular weight is 411 g/mol. The number of rotatable bonds is 3. The topological polar surface area (TPSA) is 64.2 Å². The van der Waals surface area contributed by atoms with Crippen LogP contribution in [0.4, 0.5) is 11.4 Å². The molecule has 1 saturated carbocycles. The number of anilines is 2. The van der Waals surface area contributed by atoms with Gasteiger partial charge < -0.3 is 19.6 Å². The summed E-state index contributed by atoms with van der Waals surface area (Å²) in [7, 11) is 2.09. The smallest absolute Gasteiger partial charge is 0.230 e. The summed E-state index contributed by atoms with van der Waals surface area (Å²) in [5, 5.41) is 0. The second-order valence-corrected chi connectivity index (χ2v) is 9.21. The maximum absolute atomic E-state index is 13.0. The maximum atomic E-state index is 13.0. The predicted octanol–water partition coefficient (Wildman–Crippen LogP) is 1.50. The molecule has 0 aromatic heterocycles. The van der Waals surface area contributed by atoms with Crippen molar-refractivity contribution in [2.75, 3.05) is 56.1 Å². The normalized spacial score (nSPS) is 24.9. The third-order valence-electron chi connectivity index (χ3n) is 6.97. The fourth-order valence-electron chi connectivity index (χ4n) is 4.98. The highest BCUT2D eigenvalue weighted by Gasteiger charge is 2.39. The van der Waals surface area contributed by atoms with Crippen LogP contribution in [0.3, 0.4) is 0 Å². The molecule has 0 bridgehead atoms. The average Bonchev–Trinajstić information content (AvgIpc) is 3.45. The Hall–Kier alpha value is -2.41. The van der Waals surface area contributed by atoms with E-state index in [1.54, 1.807) is 4.90 Å². The Balaban J connectivity index is 1.28. The molecular weight excluding hydrogens is 380 g/mol. The summed E-state index contributed by atoms with van der Waals surface area (Å²) >= 11 is 0. The molecule has 3 amide bonds. The molecule has 30 heavy (non-hydrogen) atoms. The van der Waals surface area contributed by atoms with Gasteiger partial charge in [0.2, 0.25) is 17.7 Å². The van der Waals surface area contributed by atoms with E-state index in [2.05, 4.69) is 11.9 Å². The maximum Gasteiger partial charge on any atom is 0.230 e. The summed E-state index contributed by atoms with van der Waals surface area (Å²) in [6.07, 6.45) is 4.11. The molecule has 2 saturated heterocycles. The van der Waals surface area contributed by atoms with Crippen molar-refractivity contribution in [2.45, 2.75) is 32.1 Å². The number of hydrogen-bond donors (Lipinski definition) is 0. The van der Waals surface area contributed by atoms with Gasteiger partial charge in [-0.2, -0.15) is 0 Å². The Morgan fingerprint density at radius 2 is 1.80 bits per heavy atom. The van der Waals surface area contributed by atoms with Crippen molar-refractivity contribution in [3.8, 4) is 0 Å². The van der Waals surface area contributed by atoms with Gasteiger partial charge in [-0.15, -0.1) is 0 Å². The molecule has 7 heteroatoms. The molecule has 0 N–H and O–H groups in total. The van der Waals surface area contributed by atoms with Gasteiger partial charge in [0.15, 0.2) is 0 Å². The van der Waals surface area contributed by atoms with Crippen LogP contribution < -0.4 is 9.80 Å². The minimum Gasteiger partial charge on any atom is -0.341 e. The molecule has 160 valence electrons. The lowest BCUT2D eigenvalue weighted by atomic mass is 10.1. The fraction of sp³-hybridized carbons (Fsp3) is 0.609. The first-order chi connectivity index (χ1) is 14.5. The highest BCUT2D eigenvalue weighted by atomic mass is 16.2. The molecule has 3 aliphatic heterocycles. The van der Waals surface area contributed by atoms with Gasteiger partial charge in [0.25, 0.3) is 0 Å². The Morgan fingerprint density at radius 1 is 0.967 bits per heavy atom. The summed E-state index contributed by atoms with van der Waals surface area (Å²) in [5.74, 6) is 0.323. The van der Waals surface area contributed by atoms with E-state index < -0.39 is 0 Å². The molecule has 1 aromatic rings. The van der Waals surface area contributed by atoms with E-state index >= 15 is 0 Å². The second kappa shape index (κ2) is 7.69. The van der Waals surface area contributed by atoms with E-state index in [1.165, 1.54) is 0 Å². The predicted molar refractivity (Wildman–Crippen MR) is 114 cm³/mol. The van der Waals surface area contributed by atoms with E-state index in [9.17, 15) is 14.4 Å². The summed E-state index contributed by atoms with van der Waals surface area (Å²) in [4.78, 5) is 46.1. The van der Waals surface area contributed by atoms with Crippen LogP contribution in [-0.4, -0.2) is 73.8 Å². The lowest BCUT2D eigenvalue weighted by Crippen LogP contribution is -2.39. The van der Waals surface area contributed by atoms with Crippen LogP contribution in [0.1, 0.15) is 31.2 Å². The van der Waals surface area contributed by atoms with Crippen LogP contribution in [0.25, 0.3) is 0 Å². The van der Waals surface area contributed by atoms with Crippen molar-refractivity contribution >= 4 is 29.1 Å². The van der Waals surface area contributed by atoms with Crippen LogP contribution in [0.15, 0.2) is 18.2 Å². The quantitative estimate of drug-likeness (QED) is 0.758. The van der Waals surface area contributed by atoms with E-state index in [1.807, 2.05) is 28.0 Å². The fourth-order valence-corrected chi connectivity index (χ4v) is 4.98. The van der Waals surface area contributed by atoms with Crippen molar-refractivity contribution in [1.82, 2.24) is 9.80 Å². The number of carbonyl (C=O) groups excluding carboxylic acids is 3. The first-order valence-electron chi connectivity index (χ1n) is 11.2. The first kappa shape index (κ1) is 19.5. The third kappa shape index (κ3) is 3.60. The molecule has 7 nitrogen and oxygen atoms in total. The van der Waals surface area contributed by atoms with E-state index in [-0.39, 0.29) is 36.0 Å². The van der Waals surface area contributed by atoms with Gasteiger partial charge in [-0.3, -0.25) is 14.4 Å². The lowest BCUT2D eigenvalue weighted by Gasteiger charge is -2.24. The summed E-state index contributed by atoms with van der Waals surface area (Å²) < 4.78 is 0. The summed E-state index contributed by atoms with van der Waals surface area (Å²) in [6, 6.07) is 5.95. The van der Waals surface area contributed by atoms with Gasteiger partial charge in [0.05, 0.1) is 5.92 Å². The number of benzene rings is 1. The van der Waals surface area contributed by atoms with Crippen LogP contribution in [-0.2, 0) is 20.8 Å². The van der Waals surface area contributed by atoms with Gasteiger partial charge in [0.1, 0.15) is 0 Å². The van der Waals surface area contributed by atoms with Crippen LogP contribution in [0.5, 0.6) is 0 Å². The zero-order valence-electron chi connectivity index (χ0n) is 17.7. The number of carbonyl (C=O) groups is 3. The van der Waals surface area contributed by atoms with Crippen molar-refractivity contribution in [2.24, 2.45) is 11.8 Å². The Bertz CT molecular complexity index is 881. The minimum atomic E-state index is -0.262. The third-order valence-corrected chi connectivity index (χ3v) is 6.97. The highest BCUT2D eigenvalue weighted by molar-refractivity contribution is 6.02. The van der Waals surface area contributed by atoms with Crippen LogP contribution >= 0.6 is 0 Å². The van der Waals surface area contributed by atoms with Crippen LogP contribution in [0, 0.1) is 11.8 Å². The summed E-state index contributed by atoms with van der Waals surface area (Å²) in [5.41, 5.74) is 2.97.